The predicted molar refractivity (Wildman–Crippen MR) is 78.2 cm³/mol. The topological polar surface area (TPSA) is 59.2 Å². The molecule has 108 valence electrons. The van der Waals surface area contributed by atoms with E-state index in [4.69, 9.17) is 9.47 Å². The van der Waals surface area contributed by atoms with Gasteiger partial charge in [-0.05, 0) is 13.0 Å². The van der Waals surface area contributed by atoms with Crippen molar-refractivity contribution in [2.24, 2.45) is 0 Å². The van der Waals surface area contributed by atoms with Gasteiger partial charge in [-0.15, -0.1) is 0 Å². The Labute approximate surface area is 119 Å². The molecule has 5 nitrogen and oxygen atoms in total. The molecular formula is C15H21N3O2. The van der Waals surface area contributed by atoms with Crippen molar-refractivity contribution >= 4 is 0 Å². The first-order chi connectivity index (χ1) is 9.85. The van der Waals surface area contributed by atoms with Gasteiger partial charge in [-0.1, -0.05) is 12.1 Å². The molecule has 0 amide bonds. The van der Waals surface area contributed by atoms with E-state index in [2.05, 4.69) is 15.3 Å². The van der Waals surface area contributed by atoms with Crippen LogP contribution in [0, 0.1) is 0 Å². The molecule has 0 aliphatic heterocycles. The van der Waals surface area contributed by atoms with Gasteiger partial charge >= 0.3 is 0 Å². The number of hydrogen-bond acceptors (Lipinski definition) is 4. The molecule has 0 bridgehead atoms. The first-order valence-electron chi connectivity index (χ1n) is 6.82. The quantitative estimate of drug-likeness (QED) is 0.725. The predicted octanol–water partition coefficient (Wildman–Crippen LogP) is 2.15. The smallest absolute Gasteiger partial charge is 0.165 e. The SMILES string of the molecule is CCOc1cccc(CNCCc2ncc[nH]2)c1OC. The number of aromatic nitrogens is 2. The molecule has 0 saturated carbocycles. The molecule has 0 aliphatic rings. The van der Waals surface area contributed by atoms with Crippen molar-refractivity contribution in [1.82, 2.24) is 15.3 Å². The fourth-order valence-corrected chi connectivity index (χ4v) is 2.07. The van der Waals surface area contributed by atoms with Crippen molar-refractivity contribution in [3.05, 3.63) is 42.0 Å². The van der Waals surface area contributed by atoms with Crippen molar-refractivity contribution in [3.63, 3.8) is 0 Å². The van der Waals surface area contributed by atoms with Gasteiger partial charge in [0.2, 0.25) is 0 Å². The molecule has 1 heterocycles. The standard InChI is InChI=1S/C15H21N3O2/c1-3-20-13-6-4-5-12(15(13)19-2)11-16-8-7-14-17-9-10-18-14/h4-6,9-10,16H,3,7-8,11H2,1-2H3,(H,17,18). The largest absolute Gasteiger partial charge is 0.493 e. The zero-order chi connectivity index (χ0) is 14.2. The molecule has 1 aromatic heterocycles. The van der Waals surface area contributed by atoms with Gasteiger partial charge in [0.05, 0.1) is 13.7 Å². The maximum absolute atomic E-state index is 5.57. The number of nitrogens with zero attached hydrogens (tertiary/aromatic N) is 1. The van der Waals surface area contributed by atoms with Crippen LogP contribution in [-0.4, -0.2) is 30.2 Å². The minimum atomic E-state index is 0.631. The van der Waals surface area contributed by atoms with Crippen LogP contribution in [0.1, 0.15) is 18.3 Å². The Bertz CT molecular complexity index is 512. The van der Waals surface area contributed by atoms with Crippen LogP contribution in [0.25, 0.3) is 0 Å². The second kappa shape index (κ2) is 7.55. The summed E-state index contributed by atoms with van der Waals surface area (Å²) in [6.07, 6.45) is 4.48. The third kappa shape index (κ3) is 3.74. The number of rotatable bonds is 8. The van der Waals surface area contributed by atoms with Gasteiger partial charge in [-0.2, -0.15) is 0 Å². The minimum absolute atomic E-state index is 0.631. The van der Waals surface area contributed by atoms with Crippen LogP contribution in [0.2, 0.25) is 0 Å². The van der Waals surface area contributed by atoms with Gasteiger partial charge in [0.1, 0.15) is 5.82 Å². The molecule has 20 heavy (non-hydrogen) atoms. The Kier molecular flexibility index (Phi) is 5.43. The summed E-state index contributed by atoms with van der Waals surface area (Å²) < 4.78 is 11.0. The third-order valence-corrected chi connectivity index (χ3v) is 2.97. The molecule has 2 N–H and O–H groups in total. The number of hydrogen-bond donors (Lipinski definition) is 2. The van der Waals surface area contributed by atoms with E-state index in [9.17, 15) is 0 Å². The first kappa shape index (κ1) is 14.4. The van der Waals surface area contributed by atoms with E-state index in [1.54, 1.807) is 13.3 Å². The molecule has 0 fully saturated rings. The van der Waals surface area contributed by atoms with Crippen LogP contribution in [0.4, 0.5) is 0 Å². The number of aromatic amines is 1. The monoisotopic (exact) mass is 275 g/mol. The van der Waals surface area contributed by atoms with Crippen molar-refractivity contribution in [2.45, 2.75) is 19.9 Å². The van der Waals surface area contributed by atoms with Crippen molar-refractivity contribution in [3.8, 4) is 11.5 Å². The van der Waals surface area contributed by atoms with Gasteiger partial charge in [0.15, 0.2) is 11.5 Å². The molecule has 5 heteroatoms. The summed E-state index contributed by atoms with van der Waals surface area (Å²) in [5, 5.41) is 3.39. The van der Waals surface area contributed by atoms with Gasteiger partial charge in [-0.25, -0.2) is 4.98 Å². The summed E-state index contributed by atoms with van der Waals surface area (Å²) in [6, 6.07) is 5.95. The molecular weight excluding hydrogens is 254 g/mol. The molecule has 0 atom stereocenters. The fourth-order valence-electron chi connectivity index (χ4n) is 2.07. The third-order valence-electron chi connectivity index (χ3n) is 2.97. The number of para-hydroxylation sites is 1. The Morgan fingerprint density at radius 2 is 2.25 bits per heavy atom. The Morgan fingerprint density at radius 3 is 2.95 bits per heavy atom. The van der Waals surface area contributed by atoms with E-state index in [-0.39, 0.29) is 0 Å². The summed E-state index contributed by atoms with van der Waals surface area (Å²) in [7, 11) is 1.67. The highest BCUT2D eigenvalue weighted by atomic mass is 16.5. The number of H-pyrrole nitrogens is 1. The molecule has 0 saturated heterocycles. The lowest BCUT2D eigenvalue weighted by Crippen LogP contribution is -2.17. The van der Waals surface area contributed by atoms with E-state index in [1.807, 2.05) is 31.3 Å². The lowest BCUT2D eigenvalue weighted by molar-refractivity contribution is 0.308. The average molecular weight is 275 g/mol. The van der Waals surface area contributed by atoms with E-state index in [1.165, 1.54) is 0 Å². The zero-order valence-corrected chi connectivity index (χ0v) is 12.0. The zero-order valence-electron chi connectivity index (χ0n) is 12.0. The van der Waals surface area contributed by atoms with Crippen LogP contribution in [0.3, 0.4) is 0 Å². The number of nitrogens with one attached hydrogen (secondary N) is 2. The number of imidazole rings is 1. The summed E-state index contributed by atoms with van der Waals surface area (Å²) in [5.41, 5.74) is 1.10. The highest BCUT2D eigenvalue weighted by Crippen LogP contribution is 2.30. The summed E-state index contributed by atoms with van der Waals surface area (Å²) >= 11 is 0. The Hall–Kier alpha value is -2.01. The Balaban J connectivity index is 1.90. The highest BCUT2D eigenvalue weighted by molar-refractivity contribution is 5.46. The maximum atomic E-state index is 5.57. The van der Waals surface area contributed by atoms with Gasteiger partial charge in [0, 0.05) is 37.5 Å². The van der Waals surface area contributed by atoms with E-state index in [0.717, 1.165) is 42.4 Å². The molecule has 0 unspecified atom stereocenters. The van der Waals surface area contributed by atoms with E-state index >= 15 is 0 Å². The maximum Gasteiger partial charge on any atom is 0.165 e. The first-order valence-corrected chi connectivity index (χ1v) is 6.82. The second-order valence-electron chi connectivity index (χ2n) is 4.34. The molecule has 2 aromatic rings. The number of methoxy groups -OCH3 is 1. The van der Waals surface area contributed by atoms with Crippen LogP contribution in [-0.2, 0) is 13.0 Å². The lowest BCUT2D eigenvalue weighted by Gasteiger charge is -2.14. The van der Waals surface area contributed by atoms with E-state index in [0.29, 0.717) is 6.61 Å². The summed E-state index contributed by atoms with van der Waals surface area (Å²) in [4.78, 5) is 7.28. The minimum Gasteiger partial charge on any atom is -0.493 e. The van der Waals surface area contributed by atoms with Crippen molar-refractivity contribution in [1.29, 1.82) is 0 Å². The molecule has 1 aromatic carbocycles. The van der Waals surface area contributed by atoms with Crippen LogP contribution >= 0.6 is 0 Å². The number of benzene rings is 1. The summed E-state index contributed by atoms with van der Waals surface area (Å²) in [5.74, 6) is 2.59. The second-order valence-corrected chi connectivity index (χ2v) is 4.34. The Morgan fingerprint density at radius 1 is 1.35 bits per heavy atom. The highest BCUT2D eigenvalue weighted by Gasteiger charge is 2.09. The van der Waals surface area contributed by atoms with Crippen LogP contribution in [0.5, 0.6) is 11.5 Å². The molecule has 0 radical (unpaired) electrons. The van der Waals surface area contributed by atoms with Crippen LogP contribution < -0.4 is 14.8 Å². The normalized spacial score (nSPS) is 10.5. The van der Waals surface area contributed by atoms with Crippen molar-refractivity contribution in [2.75, 3.05) is 20.3 Å². The summed E-state index contributed by atoms with van der Waals surface area (Å²) in [6.45, 7) is 4.19. The fraction of sp³-hybridized carbons (Fsp3) is 0.400. The van der Waals surface area contributed by atoms with Gasteiger partial charge in [-0.3, -0.25) is 0 Å². The van der Waals surface area contributed by atoms with E-state index < -0.39 is 0 Å². The molecule has 2 rings (SSSR count). The molecule has 0 spiro atoms. The lowest BCUT2D eigenvalue weighted by atomic mass is 10.2. The number of ether oxygens (including phenoxy) is 2. The van der Waals surface area contributed by atoms with Gasteiger partial charge in [0.25, 0.3) is 0 Å². The van der Waals surface area contributed by atoms with Crippen LogP contribution in [0.15, 0.2) is 30.6 Å². The van der Waals surface area contributed by atoms with Gasteiger partial charge < -0.3 is 19.8 Å². The average Bonchev–Trinajstić information content (AvgIpc) is 2.97. The molecule has 0 aliphatic carbocycles. The van der Waals surface area contributed by atoms with Crippen molar-refractivity contribution < 1.29 is 9.47 Å².